The number of hydrogen-bond donors (Lipinski definition) is 0. The van der Waals surface area contributed by atoms with E-state index in [-0.39, 0.29) is 0 Å². The predicted octanol–water partition coefficient (Wildman–Crippen LogP) is 12.1. The first kappa shape index (κ1) is 27.1. The molecule has 0 saturated carbocycles. The molecule has 3 heterocycles. The summed E-state index contributed by atoms with van der Waals surface area (Å²) in [6, 6.07) is 58.2. The molecule has 224 valence electrons. The first-order chi connectivity index (χ1) is 23.8. The van der Waals surface area contributed by atoms with Gasteiger partial charge in [0.15, 0.2) is 5.82 Å². The number of aromatic nitrogens is 3. The van der Waals surface area contributed by atoms with Crippen LogP contribution in [0.15, 0.2) is 164 Å². The highest BCUT2D eigenvalue weighted by Crippen LogP contribution is 2.44. The van der Waals surface area contributed by atoms with Gasteiger partial charge in [0.2, 0.25) is 0 Å². The fourth-order valence-electron chi connectivity index (χ4n) is 7.16. The highest BCUT2D eigenvalue weighted by molar-refractivity contribution is 7.26. The largest absolute Gasteiger partial charge is 0.309 e. The van der Waals surface area contributed by atoms with Crippen LogP contribution in [-0.2, 0) is 0 Å². The van der Waals surface area contributed by atoms with E-state index in [4.69, 9.17) is 9.97 Å². The van der Waals surface area contributed by atoms with Gasteiger partial charge in [-0.1, -0.05) is 133 Å². The Morgan fingerprint density at radius 3 is 1.81 bits per heavy atom. The number of rotatable bonds is 4. The molecule has 0 N–H and O–H groups in total. The van der Waals surface area contributed by atoms with Crippen LogP contribution >= 0.6 is 11.3 Å². The summed E-state index contributed by atoms with van der Waals surface area (Å²) in [5.74, 6) is 0.720. The van der Waals surface area contributed by atoms with Crippen molar-refractivity contribution >= 4 is 64.1 Å². The molecule has 0 fully saturated rings. The van der Waals surface area contributed by atoms with Gasteiger partial charge in [0.05, 0.1) is 22.4 Å². The van der Waals surface area contributed by atoms with Crippen LogP contribution in [0.4, 0.5) is 0 Å². The van der Waals surface area contributed by atoms with Crippen LogP contribution in [-0.4, -0.2) is 14.5 Å². The van der Waals surface area contributed by atoms with Gasteiger partial charge in [-0.2, -0.15) is 0 Å². The smallest absolute Gasteiger partial charge is 0.160 e. The van der Waals surface area contributed by atoms with Crippen molar-refractivity contribution in [2.75, 3.05) is 0 Å². The molecule has 0 spiro atoms. The molecule has 4 heteroatoms. The fourth-order valence-corrected chi connectivity index (χ4v) is 8.42. The first-order valence-corrected chi connectivity index (χ1v) is 17.0. The molecule has 0 aliphatic carbocycles. The Hall–Kier alpha value is -6.10. The molecule has 10 aromatic rings. The second-order valence-corrected chi connectivity index (χ2v) is 13.2. The summed E-state index contributed by atoms with van der Waals surface area (Å²) in [4.78, 5) is 10.1. The lowest BCUT2D eigenvalue weighted by molar-refractivity contribution is 1.17. The van der Waals surface area contributed by atoms with E-state index in [0.717, 1.165) is 39.6 Å². The average Bonchev–Trinajstić information content (AvgIpc) is 3.71. The number of thiophene rings is 1. The third-order valence-corrected chi connectivity index (χ3v) is 10.6. The van der Waals surface area contributed by atoms with Crippen molar-refractivity contribution in [1.82, 2.24) is 14.5 Å². The maximum absolute atomic E-state index is 5.07. The second-order valence-electron chi connectivity index (χ2n) is 12.2. The summed E-state index contributed by atoms with van der Waals surface area (Å²) >= 11 is 1.89. The van der Waals surface area contributed by atoms with Gasteiger partial charge < -0.3 is 4.57 Å². The van der Waals surface area contributed by atoms with Gasteiger partial charge in [0.25, 0.3) is 0 Å². The summed E-state index contributed by atoms with van der Waals surface area (Å²) < 4.78 is 5.10. The van der Waals surface area contributed by atoms with Crippen molar-refractivity contribution in [1.29, 1.82) is 0 Å². The Bertz CT molecular complexity index is 2750. The lowest BCUT2D eigenvalue weighted by Crippen LogP contribution is -1.97. The molecule has 7 aromatic carbocycles. The number of hydrogen-bond acceptors (Lipinski definition) is 3. The molecule has 3 aromatic heterocycles. The summed E-state index contributed by atoms with van der Waals surface area (Å²) in [7, 11) is 0. The molecule has 0 aliphatic rings. The monoisotopic (exact) mass is 629 g/mol. The van der Waals surface area contributed by atoms with Crippen LogP contribution in [0.5, 0.6) is 0 Å². The van der Waals surface area contributed by atoms with E-state index in [1.165, 1.54) is 52.8 Å². The predicted molar refractivity (Wildman–Crippen MR) is 203 cm³/mol. The van der Waals surface area contributed by atoms with Gasteiger partial charge in [-0.15, -0.1) is 11.3 Å². The fraction of sp³-hybridized carbons (Fsp3) is 0. The van der Waals surface area contributed by atoms with Crippen LogP contribution < -0.4 is 0 Å². The van der Waals surface area contributed by atoms with E-state index in [0.29, 0.717) is 0 Å². The number of nitrogens with zero attached hydrogens (tertiary/aromatic N) is 3. The Labute approximate surface area is 281 Å². The minimum Gasteiger partial charge on any atom is -0.309 e. The summed E-state index contributed by atoms with van der Waals surface area (Å²) in [6.45, 7) is 0. The standard InChI is InChI=1S/C44H27N3S/c1-3-11-28(12-4-1)37-27-38(46-44(45-37)31-13-5-2-6-14-31)29-19-23-32(24-20-29)47-39-17-9-7-15-33(39)35-25-21-30-22-26-36-34-16-8-10-18-40(34)48-43(36)41(30)42(35)47/h1-27H. The van der Waals surface area contributed by atoms with Crippen LogP contribution in [0.2, 0.25) is 0 Å². The van der Waals surface area contributed by atoms with E-state index >= 15 is 0 Å². The van der Waals surface area contributed by atoms with Crippen molar-refractivity contribution in [3.8, 4) is 39.6 Å². The van der Waals surface area contributed by atoms with Crippen molar-refractivity contribution in [3.05, 3.63) is 164 Å². The van der Waals surface area contributed by atoms with Gasteiger partial charge in [0, 0.05) is 58.7 Å². The second kappa shape index (κ2) is 10.7. The zero-order valence-corrected chi connectivity index (χ0v) is 26.7. The molecule has 0 bridgehead atoms. The van der Waals surface area contributed by atoms with Gasteiger partial charge in [-0.25, -0.2) is 9.97 Å². The average molecular weight is 630 g/mol. The Morgan fingerprint density at radius 2 is 1.06 bits per heavy atom. The van der Waals surface area contributed by atoms with E-state index in [1.54, 1.807) is 0 Å². The van der Waals surface area contributed by atoms with E-state index in [2.05, 4.69) is 144 Å². The van der Waals surface area contributed by atoms with Crippen LogP contribution in [0.25, 0.3) is 92.3 Å². The third kappa shape index (κ3) is 4.20. The minimum atomic E-state index is 0.720. The normalized spacial score (nSPS) is 11.8. The number of benzene rings is 7. The molecule has 0 amide bonds. The highest BCUT2D eigenvalue weighted by Gasteiger charge is 2.19. The summed E-state index contributed by atoms with van der Waals surface area (Å²) in [6.07, 6.45) is 0. The lowest BCUT2D eigenvalue weighted by atomic mass is 10.0. The highest BCUT2D eigenvalue weighted by atomic mass is 32.1. The molecule has 3 nitrogen and oxygen atoms in total. The topological polar surface area (TPSA) is 30.7 Å². The van der Waals surface area contributed by atoms with Crippen LogP contribution in [0.3, 0.4) is 0 Å². The van der Waals surface area contributed by atoms with Crippen molar-refractivity contribution in [2.45, 2.75) is 0 Å². The minimum absolute atomic E-state index is 0.720. The molecule has 0 radical (unpaired) electrons. The van der Waals surface area contributed by atoms with Gasteiger partial charge >= 0.3 is 0 Å². The van der Waals surface area contributed by atoms with Gasteiger partial charge in [0.1, 0.15) is 0 Å². The molecule has 0 aliphatic heterocycles. The summed E-state index contributed by atoms with van der Waals surface area (Å²) in [5, 5.41) is 7.72. The van der Waals surface area contributed by atoms with Crippen molar-refractivity contribution < 1.29 is 0 Å². The zero-order valence-electron chi connectivity index (χ0n) is 25.8. The molecule has 0 unspecified atom stereocenters. The molecular weight excluding hydrogens is 603 g/mol. The van der Waals surface area contributed by atoms with Crippen molar-refractivity contribution in [2.24, 2.45) is 0 Å². The zero-order chi connectivity index (χ0) is 31.6. The quantitative estimate of drug-likeness (QED) is 0.194. The van der Waals surface area contributed by atoms with E-state index in [1.807, 2.05) is 35.6 Å². The van der Waals surface area contributed by atoms with Crippen LogP contribution in [0.1, 0.15) is 0 Å². The molecule has 48 heavy (non-hydrogen) atoms. The van der Waals surface area contributed by atoms with Gasteiger partial charge in [-0.05, 0) is 35.7 Å². The Kier molecular flexibility index (Phi) is 6.05. The van der Waals surface area contributed by atoms with Crippen LogP contribution in [0, 0.1) is 0 Å². The van der Waals surface area contributed by atoms with Gasteiger partial charge in [-0.3, -0.25) is 0 Å². The maximum Gasteiger partial charge on any atom is 0.160 e. The maximum atomic E-state index is 5.07. The SMILES string of the molecule is c1ccc(-c2cc(-c3ccc(-n4c5ccccc5c5ccc6ccc7c8ccccc8sc7c6c54)cc3)nc(-c3ccccc3)n2)cc1. The third-order valence-electron chi connectivity index (χ3n) is 9.41. The first-order valence-electron chi connectivity index (χ1n) is 16.2. The Balaban J connectivity index is 1.20. The lowest BCUT2D eigenvalue weighted by Gasteiger charge is -2.12. The van der Waals surface area contributed by atoms with E-state index in [9.17, 15) is 0 Å². The molecule has 0 saturated heterocycles. The number of para-hydroxylation sites is 1. The Morgan fingerprint density at radius 1 is 0.458 bits per heavy atom. The van der Waals surface area contributed by atoms with E-state index < -0.39 is 0 Å². The molecule has 0 atom stereocenters. The number of fused-ring (bicyclic) bond motifs is 9. The molecule has 10 rings (SSSR count). The summed E-state index contributed by atoms with van der Waals surface area (Å²) in [5.41, 5.74) is 8.49. The molecular formula is C44H27N3S. The van der Waals surface area contributed by atoms with Crippen molar-refractivity contribution in [3.63, 3.8) is 0 Å².